The van der Waals surface area contributed by atoms with E-state index in [2.05, 4.69) is 5.16 Å². The Labute approximate surface area is 172 Å². The second-order valence-corrected chi connectivity index (χ2v) is 8.16. The van der Waals surface area contributed by atoms with Crippen LogP contribution in [0.25, 0.3) is 0 Å². The molecule has 0 aliphatic heterocycles. The van der Waals surface area contributed by atoms with Crippen molar-refractivity contribution in [3.8, 4) is 0 Å². The molecule has 0 saturated heterocycles. The maximum atomic E-state index is 12.8. The molecule has 0 amide bonds. The minimum absolute atomic E-state index is 0.107. The molecular formula is C19H20ClF3N2O3S. The van der Waals surface area contributed by atoms with E-state index < -0.39 is 15.5 Å². The first kappa shape index (κ1) is 23.0. The van der Waals surface area contributed by atoms with Crippen molar-refractivity contribution in [1.29, 1.82) is 0 Å². The molecule has 0 aliphatic rings. The summed E-state index contributed by atoms with van der Waals surface area (Å²) in [7, 11) is -5.60. The lowest BCUT2D eigenvalue weighted by Crippen LogP contribution is -2.30. The van der Waals surface area contributed by atoms with Crippen molar-refractivity contribution in [2.75, 3.05) is 4.72 Å². The number of hydrogen-bond donors (Lipinski definition) is 1. The van der Waals surface area contributed by atoms with Crippen LogP contribution in [0, 0.1) is 0 Å². The van der Waals surface area contributed by atoms with Crippen molar-refractivity contribution in [3.63, 3.8) is 0 Å². The molecule has 158 valence electrons. The maximum absolute atomic E-state index is 12.8. The number of halogens is 4. The first-order chi connectivity index (χ1) is 13.6. The summed E-state index contributed by atoms with van der Waals surface area (Å²) >= 11 is 5.97. The number of alkyl halides is 3. The molecule has 1 unspecified atom stereocenters. The van der Waals surface area contributed by atoms with Gasteiger partial charge in [-0.05, 0) is 36.6 Å². The van der Waals surface area contributed by atoms with Crippen LogP contribution in [0.15, 0.2) is 53.7 Å². The monoisotopic (exact) mass is 448 g/mol. The predicted octanol–water partition coefficient (Wildman–Crippen LogP) is 5.88. The molecule has 2 rings (SSSR count). The summed E-state index contributed by atoms with van der Waals surface area (Å²) in [6.45, 7) is 3.62. The molecule has 2 aromatic rings. The summed E-state index contributed by atoms with van der Waals surface area (Å²) in [4.78, 5) is 5.62. The van der Waals surface area contributed by atoms with Crippen LogP contribution in [0.4, 0.5) is 18.9 Å². The van der Waals surface area contributed by atoms with Crippen LogP contribution in [-0.4, -0.2) is 19.6 Å². The van der Waals surface area contributed by atoms with Gasteiger partial charge in [0, 0.05) is 10.6 Å². The smallest absolute Gasteiger partial charge is 0.387 e. The largest absolute Gasteiger partial charge is 0.516 e. The average molecular weight is 449 g/mol. The van der Waals surface area contributed by atoms with Gasteiger partial charge in [-0.25, -0.2) is 0 Å². The van der Waals surface area contributed by atoms with Crippen LogP contribution in [0.3, 0.4) is 0 Å². The molecule has 0 saturated carbocycles. The summed E-state index contributed by atoms with van der Waals surface area (Å²) in [6, 6.07) is 13.1. The molecule has 0 spiro atoms. The van der Waals surface area contributed by atoms with Crippen LogP contribution >= 0.6 is 11.6 Å². The fourth-order valence-electron chi connectivity index (χ4n) is 2.52. The SMILES string of the molecule is CC/C(=N\OC(CC)c1ccccc1)c1cc(Cl)ccc1NS(=O)(=O)C(F)(F)F. The topological polar surface area (TPSA) is 67.8 Å². The van der Waals surface area contributed by atoms with Crippen molar-refractivity contribution in [3.05, 3.63) is 64.7 Å². The molecule has 0 bridgehead atoms. The van der Waals surface area contributed by atoms with Crippen LogP contribution < -0.4 is 4.72 Å². The van der Waals surface area contributed by atoms with Crippen LogP contribution in [-0.2, 0) is 14.9 Å². The number of anilines is 1. The van der Waals surface area contributed by atoms with Gasteiger partial charge in [0.2, 0.25) is 0 Å². The van der Waals surface area contributed by atoms with Crippen molar-refractivity contribution >= 4 is 33.0 Å². The Morgan fingerprint density at radius 1 is 1.17 bits per heavy atom. The number of nitrogens with one attached hydrogen (secondary N) is 1. The molecule has 5 nitrogen and oxygen atoms in total. The molecule has 0 fully saturated rings. The van der Waals surface area contributed by atoms with Crippen molar-refractivity contribution in [2.24, 2.45) is 5.16 Å². The quantitative estimate of drug-likeness (QED) is 0.405. The number of benzene rings is 2. The van der Waals surface area contributed by atoms with Gasteiger partial charge in [-0.1, -0.05) is 60.9 Å². The van der Waals surface area contributed by atoms with E-state index in [-0.39, 0.29) is 34.5 Å². The van der Waals surface area contributed by atoms with Gasteiger partial charge in [-0.3, -0.25) is 4.72 Å². The van der Waals surface area contributed by atoms with E-state index in [4.69, 9.17) is 16.4 Å². The molecule has 0 aromatic heterocycles. The normalized spacial score (nSPS) is 13.8. The van der Waals surface area contributed by atoms with E-state index in [0.717, 1.165) is 11.6 Å². The molecule has 2 aromatic carbocycles. The van der Waals surface area contributed by atoms with Gasteiger partial charge in [0.05, 0.1) is 11.4 Å². The van der Waals surface area contributed by atoms with Gasteiger partial charge in [-0.15, -0.1) is 0 Å². The zero-order valence-electron chi connectivity index (χ0n) is 15.7. The van der Waals surface area contributed by atoms with E-state index in [9.17, 15) is 21.6 Å². The highest BCUT2D eigenvalue weighted by molar-refractivity contribution is 7.93. The summed E-state index contributed by atoms with van der Waals surface area (Å²) in [5, 5.41) is 4.31. The van der Waals surface area contributed by atoms with E-state index in [1.54, 1.807) is 11.6 Å². The molecule has 10 heteroatoms. The lowest BCUT2D eigenvalue weighted by molar-refractivity contribution is -0.0429. The molecule has 0 heterocycles. The van der Waals surface area contributed by atoms with Gasteiger partial charge in [-0.2, -0.15) is 21.6 Å². The number of oxime groups is 1. The third-order valence-corrected chi connectivity index (χ3v) is 5.34. The van der Waals surface area contributed by atoms with Crippen molar-refractivity contribution in [2.45, 2.75) is 38.3 Å². The predicted molar refractivity (Wildman–Crippen MR) is 107 cm³/mol. The van der Waals surface area contributed by atoms with E-state index in [1.807, 2.05) is 37.3 Å². The fourth-order valence-corrected chi connectivity index (χ4v) is 3.27. The zero-order chi connectivity index (χ0) is 21.7. The number of rotatable bonds is 8. The minimum atomic E-state index is -5.60. The van der Waals surface area contributed by atoms with Gasteiger partial charge in [0.15, 0.2) is 6.10 Å². The fraction of sp³-hybridized carbons (Fsp3) is 0.316. The highest BCUT2D eigenvalue weighted by Gasteiger charge is 2.46. The van der Waals surface area contributed by atoms with E-state index >= 15 is 0 Å². The highest BCUT2D eigenvalue weighted by atomic mass is 35.5. The van der Waals surface area contributed by atoms with Crippen molar-refractivity contribution < 1.29 is 26.4 Å². The van der Waals surface area contributed by atoms with Crippen molar-refractivity contribution in [1.82, 2.24) is 0 Å². The first-order valence-corrected chi connectivity index (χ1v) is 10.6. The summed E-state index contributed by atoms with van der Waals surface area (Å²) < 4.78 is 62.9. The second-order valence-electron chi connectivity index (χ2n) is 6.05. The average Bonchev–Trinajstić information content (AvgIpc) is 2.67. The summed E-state index contributed by atoms with van der Waals surface area (Å²) in [6.07, 6.45) is 0.507. The van der Waals surface area contributed by atoms with Gasteiger partial charge in [0.25, 0.3) is 0 Å². The Morgan fingerprint density at radius 2 is 1.83 bits per heavy atom. The Bertz CT molecular complexity index is 964. The molecule has 1 atom stereocenters. The highest BCUT2D eigenvalue weighted by Crippen LogP contribution is 2.30. The number of hydrogen-bond acceptors (Lipinski definition) is 4. The lowest BCUT2D eigenvalue weighted by atomic mass is 10.1. The third kappa shape index (κ3) is 5.86. The molecule has 0 aliphatic carbocycles. The van der Waals surface area contributed by atoms with E-state index in [1.165, 1.54) is 12.1 Å². The molecule has 1 N–H and O–H groups in total. The Hall–Kier alpha value is -2.26. The number of sulfonamides is 1. The van der Waals surface area contributed by atoms with Crippen LogP contribution in [0.5, 0.6) is 0 Å². The standard InChI is InChI=1S/C19H20ClF3N2O3S/c1-3-16(24-28-18(4-2)13-8-6-5-7-9-13)15-12-14(20)10-11-17(15)25-29(26,27)19(21,22)23/h5-12,18,25H,3-4H2,1-2H3/b24-16+. The molecule has 0 radical (unpaired) electrons. The van der Waals surface area contributed by atoms with E-state index in [0.29, 0.717) is 6.42 Å². The van der Waals surface area contributed by atoms with Gasteiger partial charge >= 0.3 is 15.5 Å². The maximum Gasteiger partial charge on any atom is 0.516 e. The second kappa shape index (κ2) is 9.49. The van der Waals surface area contributed by atoms with Gasteiger partial charge < -0.3 is 4.84 Å². The Morgan fingerprint density at radius 3 is 2.38 bits per heavy atom. The zero-order valence-corrected chi connectivity index (χ0v) is 17.3. The Kier molecular flexibility index (Phi) is 7.54. The van der Waals surface area contributed by atoms with Gasteiger partial charge in [0.1, 0.15) is 0 Å². The minimum Gasteiger partial charge on any atom is -0.387 e. The number of nitrogens with zero attached hydrogens (tertiary/aromatic N) is 1. The molecule has 29 heavy (non-hydrogen) atoms. The third-order valence-electron chi connectivity index (χ3n) is 4.01. The summed E-state index contributed by atoms with van der Waals surface area (Å²) in [5.74, 6) is 0. The molecular weight excluding hydrogens is 429 g/mol. The lowest BCUT2D eigenvalue weighted by Gasteiger charge is -2.17. The van der Waals surface area contributed by atoms with Crippen LogP contribution in [0.2, 0.25) is 5.02 Å². The summed E-state index contributed by atoms with van der Waals surface area (Å²) in [5.41, 5.74) is -4.50. The first-order valence-electron chi connectivity index (χ1n) is 8.75. The Balaban J connectivity index is 2.39. The van der Waals surface area contributed by atoms with Crippen LogP contribution in [0.1, 0.15) is 43.9 Å².